The Bertz CT molecular complexity index is 1840. The first kappa shape index (κ1) is 94.1. The van der Waals surface area contributed by atoms with Gasteiger partial charge < -0.3 is 33.8 Å². The molecule has 5 atom stereocenters. The summed E-state index contributed by atoms with van der Waals surface area (Å²) >= 11 is 0. The number of hydrogen-bond acceptors (Lipinski definition) is 15. The van der Waals surface area contributed by atoms with E-state index in [0.717, 1.165) is 109 Å². The van der Waals surface area contributed by atoms with Gasteiger partial charge in [-0.25, -0.2) is 9.13 Å². The molecule has 0 aliphatic carbocycles. The van der Waals surface area contributed by atoms with Crippen LogP contribution < -0.4 is 0 Å². The van der Waals surface area contributed by atoms with Gasteiger partial charge in [-0.3, -0.25) is 37.3 Å². The predicted octanol–water partition coefficient (Wildman–Crippen LogP) is 22.9. The third-order valence-corrected chi connectivity index (χ3v) is 19.9. The monoisotopic (exact) mass is 1410 g/mol. The number of esters is 4. The standard InChI is InChI=1S/C77H150O17P2/c1-6-9-12-15-18-20-22-23-24-25-26-27-31-34-38-41-46-51-56-61-75(80)88-67-73(94-77(82)63-58-53-48-43-39-35-32-29-28-30-33-37-40-45-49-54-59-70(4)5)69-92-96(85,86)90-65-71(78)64-89-95(83,84)91-68-72(66-87-74(79)60-55-50-44-17-14-11-8-3)93-76(81)62-57-52-47-42-36-21-19-16-13-10-7-2/h70-73,78H,6-69H2,1-5H3,(H,83,84)(H,85,86)/t71-,72+,73+/m0/s1. The molecule has 0 spiro atoms. The third kappa shape index (κ3) is 70.5. The van der Waals surface area contributed by atoms with E-state index in [0.29, 0.717) is 25.7 Å². The number of aliphatic hydroxyl groups is 1. The van der Waals surface area contributed by atoms with Gasteiger partial charge in [0.2, 0.25) is 0 Å². The molecule has 0 amide bonds. The highest BCUT2D eigenvalue weighted by Crippen LogP contribution is 2.45. The van der Waals surface area contributed by atoms with Crippen LogP contribution in [0.25, 0.3) is 0 Å². The van der Waals surface area contributed by atoms with Crippen LogP contribution in [-0.4, -0.2) is 96.7 Å². The van der Waals surface area contributed by atoms with Gasteiger partial charge in [-0.15, -0.1) is 0 Å². The van der Waals surface area contributed by atoms with Crippen molar-refractivity contribution < 1.29 is 80.2 Å². The first-order chi connectivity index (χ1) is 46.5. The quantitative estimate of drug-likeness (QED) is 0.0222. The maximum atomic E-state index is 13.1. The molecule has 2 unspecified atom stereocenters. The average molecular weight is 1410 g/mol. The fraction of sp³-hybridized carbons (Fsp3) is 0.948. The van der Waals surface area contributed by atoms with E-state index in [4.69, 9.17) is 37.0 Å². The van der Waals surface area contributed by atoms with Crippen LogP contribution in [0, 0.1) is 5.92 Å². The Hall–Kier alpha value is -1.94. The molecule has 17 nitrogen and oxygen atoms in total. The first-order valence-electron chi connectivity index (χ1n) is 40.1. The molecule has 0 bridgehead atoms. The molecule has 0 aliphatic heterocycles. The summed E-state index contributed by atoms with van der Waals surface area (Å²) in [6.07, 6.45) is 59.9. The fourth-order valence-electron chi connectivity index (χ4n) is 11.9. The summed E-state index contributed by atoms with van der Waals surface area (Å²) in [5.41, 5.74) is 0. The zero-order valence-corrected chi connectivity index (χ0v) is 64.3. The maximum Gasteiger partial charge on any atom is 0.472 e. The van der Waals surface area contributed by atoms with Crippen LogP contribution in [0.3, 0.4) is 0 Å². The van der Waals surface area contributed by atoms with Crippen molar-refractivity contribution in [2.24, 2.45) is 5.92 Å². The zero-order chi connectivity index (χ0) is 70.5. The summed E-state index contributed by atoms with van der Waals surface area (Å²) in [6, 6.07) is 0. The molecule has 0 saturated heterocycles. The van der Waals surface area contributed by atoms with E-state index in [1.807, 2.05) is 0 Å². The second-order valence-electron chi connectivity index (χ2n) is 28.2. The SMILES string of the molecule is CCCCCCCCCCCCCCCCCCCCCC(=O)OC[C@H](COP(=O)(O)OC[C@@H](O)COP(=O)(O)OC[C@@H](COC(=O)CCCCCCCCC)OC(=O)CCCCCCCCCCCCC)OC(=O)CCCCCCCCCCCCCCCCCCC(C)C. The van der Waals surface area contributed by atoms with Gasteiger partial charge in [0.05, 0.1) is 26.4 Å². The highest BCUT2D eigenvalue weighted by atomic mass is 31.2. The molecular formula is C77H150O17P2. The van der Waals surface area contributed by atoms with Gasteiger partial charge in [-0.1, -0.05) is 356 Å². The highest BCUT2D eigenvalue weighted by Gasteiger charge is 2.30. The second kappa shape index (κ2) is 70.1. The lowest BCUT2D eigenvalue weighted by Gasteiger charge is -2.21. The summed E-state index contributed by atoms with van der Waals surface area (Å²) in [5, 5.41) is 10.6. The summed E-state index contributed by atoms with van der Waals surface area (Å²) < 4.78 is 68.4. The topological polar surface area (TPSA) is 237 Å². The van der Waals surface area contributed by atoms with E-state index in [9.17, 15) is 43.2 Å². The molecule has 0 aromatic carbocycles. The molecule has 0 saturated carbocycles. The Morgan fingerprint density at radius 2 is 0.479 bits per heavy atom. The molecule has 0 aliphatic rings. The summed E-state index contributed by atoms with van der Waals surface area (Å²) in [5.74, 6) is -1.31. The molecule has 96 heavy (non-hydrogen) atoms. The predicted molar refractivity (Wildman–Crippen MR) is 391 cm³/mol. The van der Waals surface area contributed by atoms with Crippen LogP contribution in [0.5, 0.6) is 0 Å². The largest absolute Gasteiger partial charge is 0.472 e. The number of phosphoric acid groups is 2. The van der Waals surface area contributed by atoms with Gasteiger partial charge in [0.1, 0.15) is 19.3 Å². The van der Waals surface area contributed by atoms with Crippen LogP contribution in [-0.2, 0) is 65.4 Å². The lowest BCUT2D eigenvalue weighted by Crippen LogP contribution is -2.30. The Morgan fingerprint density at radius 1 is 0.281 bits per heavy atom. The van der Waals surface area contributed by atoms with Crippen molar-refractivity contribution >= 4 is 39.5 Å². The van der Waals surface area contributed by atoms with Crippen molar-refractivity contribution in [3.8, 4) is 0 Å². The van der Waals surface area contributed by atoms with E-state index in [-0.39, 0.29) is 25.7 Å². The Kier molecular flexibility index (Phi) is 68.7. The molecule has 0 rings (SSSR count). The fourth-order valence-corrected chi connectivity index (χ4v) is 13.5. The van der Waals surface area contributed by atoms with Crippen LogP contribution in [0.2, 0.25) is 0 Å². The number of aliphatic hydroxyl groups excluding tert-OH is 1. The Morgan fingerprint density at radius 3 is 0.708 bits per heavy atom. The van der Waals surface area contributed by atoms with E-state index >= 15 is 0 Å². The lowest BCUT2D eigenvalue weighted by molar-refractivity contribution is -0.161. The number of carbonyl (C=O) groups is 4. The number of phosphoric ester groups is 2. The van der Waals surface area contributed by atoms with Crippen molar-refractivity contribution in [1.29, 1.82) is 0 Å². The molecule has 570 valence electrons. The van der Waals surface area contributed by atoms with Crippen molar-refractivity contribution in [1.82, 2.24) is 0 Å². The van der Waals surface area contributed by atoms with Gasteiger partial charge in [0.25, 0.3) is 0 Å². The van der Waals surface area contributed by atoms with Crippen molar-refractivity contribution in [2.45, 2.75) is 425 Å². The first-order valence-corrected chi connectivity index (χ1v) is 43.1. The van der Waals surface area contributed by atoms with Gasteiger partial charge in [-0.05, 0) is 31.6 Å². The molecule has 0 aromatic rings. The highest BCUT2D eigenvalue weighted by molar-refractivity contribution is 7.47. The second-order valence-corrected chi connectivity index (χ2v) is 31.1. The molecular weight excluding hydrogens is 1260 g/mol. The Balaban J connectivity index is 5.16. The zero-order valence-electron chi connectivity index (χ0n) is 62.5. The van der Waals surface area contributed by atoms with Crippen molar-refractivity contribution in [2.75, 3.05) is 39.6 Å². The van der Waals surface area contributed by atoms with Crippen LogP contribution in [0.15, 0.2) is 0 Å². The molecule has 0 aromatic heterocycles. The molecule has 0 fully saturated rings. The van der Waals surface area contributed by atoms with Crippen LogP contribution in [0.4, 0.5) is 0 Å². The van der Waals surface area contributed by atoms with E-state index in [1.54, 1.807) is 0 Å². The van der Waals surface area contributed by atoms with Gasteiger partial charge in [-0.2, -0.15) is 0 Å². The number of unbranched alkanes of at least 4 members (excludes halogenated alkanes) is 49. The normalized spacial score (nSPS) is 13.9. The summed E-state index contributed by atoms with van der Waals surface area (Å²) in [6.45, 7) is 7.28. The van der Waals surface area contributed by atoms with E-state index in [2.05, 4.69) is 34.6 Å². The smallest absolute Gasteiger partial charge is 0.462 e. The van der Waals surface area contributed by atoms with E-state index < -0.39 is 97.5 Å². The molecule has 0 heterocycles. The van der Waals surface area contributed by atoms with Crippen molar-refractivity contribution in [3.05, 3.63) is 0 Å². The van der Waals surface area contributed by atoms with Crippen LogP contribution >= 0.6 is 15.6 Å². The molecule has 0 radical (unpaired) electrons. The summed E-state index contributed by atoms with van der Waals surface area (Å²) in [7, 11) is -9.90. The van der Waals surface area contributed by atoms with Gasteiger partial charge >= 0.3 is 39.5 Å². The van der Waals surface area contributed by atoms with Gasteiger partial charge in [0, 0.05) is 25.7 Å². The minimum Gasteiger partial charge on any atom is -0.462 e. The summed E-state index contributed by atoms with van der Waals surface area (Å²) in [4.78, 5) is 72.7. The minimum absolute atomic E-state index is 0.107. The Labute approximate surface area is 588 Å². The minimum atomic E-state index is -4.96. The number of hydrogen-bond donors (Lipinski definition) is 3. The number of carbonyl (C=O) groups excluding carboxylic acids is 4. The number of rotatable bonds is 77. The third-order valence-electron chi connectivity index (χ3n) is 18.0. The average Bonchev–Trinajstić information content (AvgIpc) is 1.40. The number of ether oxygens (including phenoxy) is 4. The van der Waals surface area contributed by atoms with Gasteiger partial charge in [0.15, 0.2) is 12.2 Å². The van der Waals surface area contributed by atoms with Crippen LogP contribution in [0.1, 0.15) is 407 Å². The van der Waals surface area contributed by atoms with Crippen molar-refractivity contribution in [3.63, 3.8) is 0 Å². The molecule has 19 heteroatoms. The molecule has 3 N–H and O–H groups in total. The maximum absolute atomic E-state index is 13.1. The van der Waals surface area contributed by atoms with E-state index in [1.165, 1.54) is 218 Å². The lowest BCUT2D eigenvalue weighted by atomic mass is 10.0.